The zero-order valence-electron chi connectivity index (χ0n) is 17.7. The first-order chi connectivity index (χ1) is 15.1. The molecule has 0 atom stereocenters. The van der Waals surface area contributed by atoms with Crippen LogP contribution in [0.4, 0.5) is 5.69 Å². The van der Waals surface area contributed by atoms with Crippen LogP contribution in [0.15, 0.2) is 59.2 Å². The van der Waals surface area contributed by atoms with Crippen LogP contribution < -0.4 is 14.4 Å². The number of hydrogen-bond acceptors (Lipinski definition) is 7. The van der Waals surface area contributed by atoms with Gasteiger partial charge in [0.05, 0.1) is 31.8 Å². The molecular weight excluding hydrogens is 416 g/mol. The summed E-state index contributed by atoms with van der Waals surface area (Å²) in [5.74, 6) is 0.742. The van der Waals surface area contributed by atoms with Gasteiger partial charge in [0, 0.05) is 5.56 Å². The van der Waals surface area contributed by atoms with Gasteiger partial charge in [-0.05, 0) is 50.3 Å². The number of esters is 1. The molecule has 3 rings (SSSR count). The van der Waals surface area contributed by atoms with Crippen molar-refractivity contribution < 1.29 is 23.8 Å². The second kappa shape index (κ2) is 10.7. The Morgan fingerprint density at radius 3 is 2.52 bits per heavy atom. The highest BCUT2D eigenvalue weighted by Crippen LogP contribution is 2.31. The third-order valence-electron chi connectivity index (χ3n) is 4.29. The Kier molecular flexibility index (Phi) is 7.72. The van der Waals surface area contributed by atoms with Crippen molar-refractivity contribution >= 4 is 40.6 Å². The molecule has 1 aliphatic heterocycles. The molecule has 8 heteroatoms. The maximum absolute atomic E-state index is 13.2. The highest BCUT2D eigenvalue weighted by atomic mass is 32.2. The minimum atomic E-state index is -0.364. The van der Waals surface area contributed by atoms with Crippen molar-refractivity contribution in [3.63, 3.8) is 0 Å². The summed E-state index contributed by atoms with van der Waals surface area (Å²) in [4.78, 5) is 31.1. The number of thioether (sulfide) groups is 1. The Bertz CT molecular complexity index is 1000. The molecule has 31 heavy (non-hydrogen) atoms. The van der Waals surface area contributed by atoms with E-state index in [1.165, 1.54) is 4.90 Å². The number of amidine groups is 1. The predicted octanol–water partition coefficient (Wildman–Crippen LogP) is 4.13. The average Bonchev–Trinajstić information content (AvgIpc) is 3.09. The smallest absolute Gasteiger partial charge is 0.316 e. The van der Waals surface area contributed by atoms with Gasteiger partial charge < -0.3 is 14.2 Å². The van der Waals surface area contributed by atoms with Crippen molar-refractivity contribution in [2.45, 2.75) is 13.8 Å². The summed E-state index contributed by atoms with van der Waals surface area (Å²) in [7, 11) is 1.57. The number of anilines is 1. The van der Waals surface area contributed by atoms with Crippen molar-refractivity contribution in [3.8, 4) is 11.5 Å². The fourth-order valence-corrected chi connectivity index (χ4v) is 3.75. The van der Waals surface area contributed by atoms with E-state index in [-0.39, 0.29) is 23.3 Å². The Morgan fingerprint density at radius 1 is 1.10 bits per heavy atom. The number of ether oxygens (including phenoxy) is 3. The van der Waals surface area contributed by atoms with Gasteiger partial charge in [0.15, 0.2) is 5.17 Å². The standard InChI is InChI=1S/C23H24N2O5S/c1-4-29-18-12-10-17(11-13-18)25-22(27)19(14-16-8-6-7-9-20(16)28-3)24-23(25)31-15-21(26)30-5-2/h6-14H,4-5,15H2,1-3H3/b19-14+. The Labute approximate surface area is 185 Å². The van der Waals surface area contributed by atoms with Gasteiger partial charge in [-0.1, -0.05) is 30.0 Å². The van der Waals surface area contributed by atoms with Crippen molar-refractivity contribution in [1.82, 2.24) is 0 Å². The molecule has 0 N–H and O–H groups in total. The summed E-state index contributed by atoms with van der Waals surface area (Å²) in [5.41, 5.74) is 1.62. The number of aliphatic imine (C=N–C) groups is 1. The first-order valence-electron chi connectivity index (χ1n) is 9.86. The summed E-state index contributed by atoms with van der Waals surface area (Å²) in [6.45, 7) is 4.51. The molecule has 0 aliphatic carbocycles. The normalized spacial score (nSPS) is 14.5. The van der Waals surface area contributed by atoms with Crippen LogP contribution in [0.1, 0.15) is 19.4 Å². The first kappa shape index (κ1) is 22.4. The number of methoxy groups -OCH3 is 1. The summed E-state index contributed by atoms with van der Waals surface area (Å²) < 4.78 is 15.9. The van der Waals surface area contributed by atoms with Gasteiger partial charge in [-0.3, -0.25) is 14.5 Å². The van der Waals surface area contributed by atoms with Gasteiger partial charge in [-0.2, -0.15) is 0 Å². The van der Waals surface area contributed by atoms with Crippen molar-refractivity contribution in [2.24, 2.45) is 4.99 Å². The number of nitrogens with zero attached hydrogens (tertiary/aromatic N) is 2. The van der Waals surface area contributed by atoms with Gasteiger partial charge in [-0.15, -0.1) is 0 Å². The molecule has 0 saturated carbocycles. The Morgan fingerprint density at radius 2 is 1.84 bits per heavy atom. The fraction of sp³-hybridized carbons (Fsp3) is 0.261. The lowest BCUT2D eigenvalue weighted by atomic mass is 10.1. The summed E-state index contributed by atoms with van der Waals surface area (Å²) in [6, 6.07) is 14.5. The minimum Gasteiger partial charge on any atom is -0.496 e. The average molecular weight is 441 g/mol. The van der Waals surface area contributed by atoms with Crippen LogP contribution in [0.25, 0.3) is 6.08 Å². The molecule has 0 bridgehead atoms. The van der Waals surface area contributed by atoms with Gasteiger partial charge >= 0.3 is 5.97 Å². The lowest BCUT2D eigenvalue weighted by molar-refractivity contribution is -0.139. The maximum Gasteiger partial charge on any atom is 0.316 e. The fourth-order valence-electron chi connectivity index (χ4n) is 2.94. The van der Waals surface area contributed by atoms with Crippen LogP contribution in [0, 0.1) is 0 Å². The molecule has 1 heterocycles. The number of amides is 1. The van der Waals surface area contributed by atoms with Gasteiger partial charge in [0.1, 0.15) is 17.2 Å². The van der Waals surface area contributed by atoms with Crippen LogP contribution in [-0.4, -0.2) is 43.1 Å². The predicted molar refractivity (Wildman–Crippen MR) is 123 cm³/mol. The molecule has 0 saturated heterocycles. The van der Waals surface area contributed by atoms with E-state index >= 15 is 0 Å². The van der Waals surface area contributed by atoms with Crippen LogP contribution in [-0.2, 0) is 14.3 Å². The van der Waals surface area contributed by atoms with E-state index < -0.39 is 0 Å². The van der Waals surface area contributed by atoms with Crippen LogP contribution in [0.2, 0.25) is 0 Å². The lowest BCUT2D eigenvalue weighted by Gasteiger charge is -2.18. The van der Waals surface area contributed by atoms with Crippen molar-refractivity contribution in [1.29, 1.82) is 0 Å². The van der Waals surface area contributed by atoms with E-state index in [4.69, 9.17) is 14.2 Å². The zero-order valence-corrected chi connectivity index (χ0v) is 18.5. The molecule has 0 unspecified atom stereocenters. The lowest BCUT2D eigenvalue weighted by Crippen LogP contribution is -2.31. The molecule has 0 spiro atoms. The molecule has 7 nitrogen and oxygen atoms in total. The summed E-state index contributed by atoms with van der Waals surface area (Å²) >= 11 is 1.15. The maximum atomic E-state index is 13.2. The molecule has 162 valence electrons. The largest absolute Gasteiger partial charge is 0.496 e. The van der Waals surface area contributed by atoms with Crippen molar-refractivity contribution in [3.05, 3.63) is 59.8 Å². The quantitative estimate of drug-likeness (QED) is 0.454. The van der Waals surface area contributed by atoms with Crippen LogP contribution in [0.5, 0.6) is 11.5 Å². The second-order valence-corrected chi connectivity index (χ2v) is 7.27. The highest BCUT2D eigenvalue weighted by Gasteiger charge is 2.32. The number of para-hydroxylation sites is 1. The number of hydrogen-bond donors (Lipinski definition) is 0. The Hall–Kier alpha value is -3.26. The van der Waals surface area contributed by atoms with E-state index in [2.05, 4.69) is 4.99 Å². The third kappa shape index (κ3) is 5.46. The van der Waals surface area contributed by atoms with Gasteiger partial charge in [0.2, 0.25) is 0 Å². The number of carbonyl (C=O) groups excluding carboxylic acids is 2. The molecule has 0 fully saturated rings. The highest BCUT2D eigenvalue weighted by molar-refractivity contribution is 8.14. The molecular formula is C23H24N2O5S. The summed E-state index contributed by atoms with van der Waals surface area (Å²) in [5, 5.41) is 0.406. The molecule has 0 radical (unpaired) electrons. The van der Waals surface area contributed by atoms with E-state index in [0.717, 1.165) is 17.3 Å². The Balaban J connectivity index is 1.94. The van der Waals surface area contributed by atoms with Crippen LogP contribution >= 0.6 is 11.8 Å². The van der Waals surface area contributed by atoms with Crippen LogP contribution in [0.3, 0.4) is 0 Å². The van der Waals surface area contributed by atoms with E-state index in [9.17, 15) is 9.59 Å². The molecule has 2 aromatic rings. The SMILES string of the molecule is CCOC(=O)CSC1=N/C(=C/c2ccccc2OC)C(=O)N1c1ccc(OCC)cc1. The number of carbonyl (C=O) groups is 2. The third-order valence-corrected chi connectivity index (χ3v) is 5.20. The van der Waals surface area contributed by atoms with E-state index in [1.54, 1.807) is 44.4 Å². The topological polar surface area (TPSA) is 77.4 Å². The molecule has 0 aromatic heterocycles. The summed E-state index contributed by atoms with van der Waals surface area (Å²) in [6.07, 6.45) is 1.68. The van der Waals surface area contributed by atoms with E-state index in [1.807, 2.05) is 31.2 Å². The van der Waals surface area contributed by atoms with Crippen molar-refractivity contribution in [2.75, 3.05) is 31.0 Å². The van der Waals surface area contributed by atoms with E-state index in [0.29, 0.717) is 35.6 Å². The van der Waals surface area contributed by atoms with Gasteiger partial charge in [0.25, 0.3) is 5.91 Å². The minimum absolute atomic E-state index is 0.0510. The molecule has 2 aromatic carbocycles. The molecule has 1 amide bonds. The second-order valence-electron chi connectivity index (χ2n) is 6.33. The molecule has 1 aliphatic rings. The number of benzene rings is 2. The van der Waals surface area contributed by atoms with Gasteiger partial charge in [-0.25, -0.2) is 4.99 Å². The first-order valence-corrected chi connectivity index (χ1v) is 10.8. The monoisotopic (exact) mass is 440 g/mol. The number of rotatable bonds is 8. The zero-order chi connectivity index (χ0) is 22.2.